The lowest BCUT2D eigenvalue weighted by molar-refractivity contribution is 0.0441. The second-order valence-electron chi connectivity index (χ2n) is 13.5. The SMILES string of the molecule is CC(C)CC1CCCN(C[C@@H]2CCCC[C@H]2NC(=O)OC(C)(C)C)C1.CC(C)CC1CCCNC1.Cl. The minimum atomic E-state index is -0.425. The Kier molecular flexibility index (Phi) is 16.0. The van der Waals surface area contributed by atoms with Crippen molar-refractivity contribution in [2.75, 3.05) is 32.7 Å². The molecule has 0 bridgehead atoms. The first-order valence-corrected chi connectivity index (χ1v) is 14.9. The van der Waals surface area contributed by atoms with Gasteiger partial charge >= 0.3 is 6.09 Å². The molecule has 1 saturated carbocycles. The molecular weight excluding hydrogens is 470 g/mol. The Morgan fingerprint density at radius 3 is 2.19 bits per heavy atom. The van der Waals surface area contributed by atoms with E-state index in [2.05, 4.69) is 43.2 Å². The van der Waals surface area contributed by atoms with Gasteiger partial charge in [0.15, 0.2) is 0 Å². The number of nitrogens with zero attached hydrogens (tertiary/aromatic N) is 1. The van der Waals surface area contributed by atoms with Crippen molar-refractivity contribution in [1.29, 1.82) is 0 Å². The van der Waals surface area contributed by atoms with Gasteiger partial charge < -0.3 is 20.3 Å². The maximum atomic E-state index is 12.2. The number of halogens is 1. The third-order valence-electron chi connectivity index (χ3n) is 7.72. The smallest absolute Gasteiger partial charge is 0.407 e. The summed E-state index contributed by atoms with van der Waals surface area (Å²) in [5.74, 6) is 4.06. The number of likely N-dealkylation sites (tertiary alicyclic amines) is 1. The van der Waals surface area contributed by atoms with Gasteiger partial charge in [0.2, 0.25) is 0 Å². The first-order chi connectivity index (χ1) is 16.5. The standard InChI is InChI=1S/C21H40N2O2.C9H19N.ClH/c1-16(2)13-17-9-8-12-23(14-17)15-18-10-6-7-11-19(18)22-20(24)25-21(3,4)5;1-8(2)6-9-4-3-5-10-7-9;/h16-19H,6-15H2,1-5H3,(H,22,24);8-10H,3-7H2,1-2H3;1H/t17?,18-,19+;;/m0../s1. The fourth-order valence-corrected chi connectivity index (χ4v) is 6.37. The van der Waals surface area contributed by atoms with Crippen LogP contribution in [0.2, 0.25) is 0 Å². The number of hydrogen-bond donors (Lipinski definition) is 2. The zero-order valence-corrected chi connectivity index (χ0v) is 25.6. The van der Waals surface area contributed by atoms with E-state index in [-0.39, 0.29) is 24.5 Å². The summed E-state index contributed by atoms with van der Waals surface area (Å²) < 4.78 is 5.48. The fraction of sp³-hybridized carbons (Fsp3) is 0.967. The molecule has 5 nitrogen and oxygen atoms in total. The van der Waals surface area contributed by atoms with Crippen molar-refractivity contribution in [2.45, 2.75) is 124 Å². The molecule has 0 spiro atoms. The van der Waals surface area contributed by atoms with Crippen LogP contribution in [-0.2, 0) is 4.74 Å². The van der Waals surface area contributed by atoms with E-state index in [0.717, 1.165) is 36.6 Å². The molecule has 2 unspecified atom stereocenters. The van der Waals surface area contributed by atoms with Crippen molar-refractivity contribution in [3.63, 3.8) is 0 Å². The predicted octanol–water partition coefficient (Wildman–Crippen LogP) is 7.28. The molecule has 2 aliphatic heterocycles. The Bertz CT molecular complexity index is 587. The summed E-state index contributed by atoms with van der Waals surface area (Å²) in [6.07, 6.45) is 12.9. The van der Waals surface area contributed by atoms with Crippen LogP contribution in [-0.4, -0.2) is 55.4 Å². The molecule has 0 aromatic carbocycles. The van der Waals surface area contributed by atoms with Gasteiger partial charge in [-0.2, -0.15) is 0 Å². The minimum Gasteiger partial charge on any atom is -0.444 e. The molecule has 6 heteroatoms. The van der Waals surface area contributed by atoms with Gasteiger partial charge in [0.1, 0.15) is 5.60 Å². The number of piperidine rings is 2. The summed E-state index contributed by atoms with van der Waals surface area (Å²) in [5.41, 5.74) is -0.425. The molecule has 0 aromatic rings. The Labute approximate surface area is 230 Å². The summed E-state index contributed by atoms with van der Waals surface area (Å²) in [5, 5.41) is 6.61. The molecule has 3 aliphatic rings. The quantitative estimate of drug-likeness (QED) is 0.363. The van der Waals surface area contributed by atoms with Crippen molar-refractivity contribution in [3.8, 4) is 0 Å². The first-order valence-electron chi connectivity index (χ1n) is 14.9. The number of rotatable bonds is 7. The zero-order chi connectivity index (χ0) is 25.8. The highest BCUT2D eigenvalue weighted by molar-refractivity contribution is 5.85. The van der Waals surface area contributed by atoms with Crippen molar-refractivity contribution in [1.82, 2.24) is 15.5 Å². The maximum Gasteiger partial charge on any atom is 0.407 e. The lowest BCUT2D eigenvalue weighted by atomic mass is 9.83. The van der Waals surface area contributed by atoms with Gasteiger partial charge in [-0.25, -0.2) is 4.79 Å². The van der Waals surface area contributed by atoms with Gasteiger partial charge in [0, 0.05) is 19.1 Å². The molecule has 2 heterocycles. The van der Waals surface area contributed by atoms with E-state index in [1.807, 2.05) is 20.8 Å². The number of amides is 1. The number of hydrogen-bond acceptors (Lipinski definition) is 4. The van der Waals surface area contributed by atoms with Crippen LogP contribution in [0.15, 0.2) is 0 Å². The van der Waals surface area contributed by atoms with Gasteiger partial charge in [-0.1, -0.05) is 40.5 Å². The van der Waals surface area contributed by atoms with Crippen LogP contribution in [0.25, 0.3) is 0 Å². The molecule has 3 fully saturated rings. The molecule has 0 radical (unpaired) electrons. The Hall–Kier alpha value is -0.520. The van der Waals surface area contributed by atoms with Crippen molar-refractivity contribution >= 4 is 18.5 Å². The van der Waals surface area contributed by atoms with E-state index in [4.69, 9.17) is 4.74 Å². The van der Waals surface area contributed by atoms with Crippen LogP contribution in [0.3, 0.4) is 0 Å². The number of carbonyl (C=O) groups excluding carboxylic acids is 1. The fourth-order valence-electron chi connectivity index (χ4n) is 6.37. The van der Waals surface area contributed by atoms with E-state index < -0.39 is 5.60 Å². The minimum absolute atomic E-state index is 0. The third-order valence-corrected chi connectivity index (χ3v) is 7.72. The molecule has 4 atom stereocenters. The third kappa shape index (κ3) is 14.4. The highest BCUT2D eigenvalue weighted by atomic mass is 35.5. The molecule has 2 N–H and O–H groups in total. The van der Waals surface area contributed by atoms with Gasteiger partial charge in [0.25, 0.3) is 0 Å². The van der Waals surface area contributed by atoms with Crippen LogP contribution in [0, 0.1) is 29.6 Å². The molecule has 214 valence electrons. The molecule has 36 heavy (non-hydrogen) atoms. The highest BCUT2D eigenvalue weighted by Gasteiger charge is 2.31. The van der Waals surface area contributed by atoms with Gasteiger partial charge in [-0.3, -0.25) is 0 Å². The molecule has 2 saturated heterocycles. The van der Waals surface area contributed by atoms with Crippen LogP contribution >= 0.6 is 12.4 Å². The first kappa shape index (κ1) is 33.5. The predicted molar refractivity (Wildman–Crippen MR) is 156 cm³/mol. The highest BCUT2D eigenvalue weighted by Crippen LogP contribution is 2.29. The van der Waals surface area contributed by atoms with Crippen LogP contribution in [0.4, 0.5) is 4.79 Å². The van der Waals surface area contributed by atoms with Crippen LogP contribution < -0.4 is 10.6 Å². The van der Waals surface area contributed by atoms with E-state index in [1.54, 1.807) is 0 Å². The lowest BCUT2D eigenvalue weighted by Gasteiger charge is -2.39. The number of ether oxygens (including phenoxy) is 1. The molecule has 0 aromatic heterocycles. The number of nitrogens with one attached hydrogen (secondary N) is 2. The largest absolute Gasteiger partial charge is 0.444 e. The zero-order valence-electron chi connectivity index (χ0n) is 24.7. The Balaban J connectivity index is 0.000000495. The second-order valence-corrected chi connectivity index (χ2v) is 13.5. The van der Waals surface area contributed by atoms with Gasteiger partial charge in [0.05, 0.1) is 0 Å². The summed E-state index contributed by atoms with van der Waals surface area (Å²) in [6.45, 7) is 21.2. The van der Waals surface area contributed by atoms with Crippen molar-refractivity contribution in [3.05, 3.63) is 0 Å². The summed E-state index contributed by atoms with van der Waals surface area (Å²) in [7, 11) is 0. The molecule has 1 amide bonds. The molecule has 1 aliphatic carbocycles. The summed E-state index contributed by atoms with van der Waals surface area (Å²) in [4.78, 5) is 14.9. The topological polar surface area (TPSA) is 53.6 Å². The second kappa shape index (κ2) is 17.1. The monoisotopic (exact) mass is 529 g/mol. The van der Waals surface area contributed by atoms with E-state index in [1.165, 1.54) is 84.0 Å². The number of carbonyl (C=O) groups is 1. The van der Waals surface area contributed by atoms with Crippen LogP contribution in [0.1, 0.15) is 113 Å². The molecular formula is C30H60ClN3O2. The van der Waals surface area contributed by atoms with Gasteiger partial charge in [-0.15, -0.1) is 12.4 Å². The lowest BCUT2D eigenvalue weighted by Crippen LogP contribution is -2.49. The van der Waals surface area contributed by atoms with Crippen molar-refractivity contribution < 1.29 is 9.53 Å². The van der Waals surface area contributed by atoms with Crippen LogP contribution in [0.5, 0.6) is 0 Å². The average molecular weight is 530 g/mol. The molecule has 3 rings (SSSR count). The van der Waals surface area contributed by atoms with E-state index in [9.17, 15) is 4.79 Å². The Morgan fingerprint density at radius 1 is 0.944 bits per heavy atom. The van der Waals surface area contributed by atoms with E-state index in [0.29, 0.717) is 5.92 Å². The number of alkyl carbamates (subject to hydrolysis) is 1. The Morgan fingerprint density at radius 2 is 1.58 bits per heavy atom. The van der Waals surface area contributed by atoms with E-state index >= 15 is 0 Å². The normalized spacial score (nSPS) is 27.6. The van der Waals surface area contributed by atoms with Crippen molar-refractivity contribution in [2.24, 2.45) is 29.6 Å². The summed E-state index contributed by atoms with van der Waals surface area (Å²) >= 11 is 0. The average Bonchev–Trinajstić information content (AvgIpc) is 2.74. The maximum absolute atomic E-state index is 12.2. The van der Waals surface area contributed by atoms with Gasteiger partial charge in [-0.05, 0) is 121 Å². The summed E-state index contributed by atoms with van der Waals surface area (Å²) in [6, 6.07) is 0.272.